The van der Waals surface area contributed by atoms with Crippen molar-refractivity contribution in [1.29, 1.82) is 0 Å². The number of sulfonamides is 1. The summed E-state index contributed by atoms with van der Waals surface area (Å²) in [5.41, 5.74) is 0.567. The van der Waals surface area contributed by atoms with Crippen molar-refractivity contribution in [2.75, 3.05) is 13.1 Å². The van der Waals surface area contributed by atoms with Crippen molar-refractivity contribution >= 4 is 21.1 Å². The fourth-order valence-corrected chi connectivity index (χ4v) is 4.31. The van der Waals surface area contributed by atoms with Gasteiger partial charge in [0.1, 0.15) is 10.5 Å². The predicted molar refractivity (Wildman–Crippen MR) is 74.6 cm³/mol. The molecule has 1 fully saturated rings. The van der Waals surface area contributed by atoms with Crippen molar-refractivity contribution in [3.63, 3.8) is 0 Å². The number of aromatic nitrogens is 2. The number of fused-ring (bicyclic) bond motifs is 1. The van der Waals surface area contributed by atoms with E-state index in [2.05, 4.69) is 9.97 Å². The minimum absolute atomic E-state index is 0.00751. The molecule has 0 spiro atoms. The lowest BCUT2D eigenvalue weighted by molar-refractivity contribution is 0.133. The van der Waals surface area contributed by atoms with Gasteiger partial charge in [-0.15, -0.1) is 0 Å². The molecule has 7 heteroatoms. The van der Waals surface area contributed by atoms with Crippen molar-refractivity contribution in [2.24, 2.45) is 5.92 Å². The number of aromatic amines is 1. The molecule has 2 N–H and O–H groups in total. The van der Waals surface area contributed by atoms with Gasteiger partial charge in [-0.25, -0.2) is 13.4 Å². The maximum atomic E-state index is 12.7. The smallest absolute Gasteiger partial charge is 0.245 e. The van der Waals surface area contributed by atoms with Crippen LogP contribution < -0.4 is 0 Å². The zero-order valence-electron chi connectivity index (χ0n) is 11.2. The molecular formula is C13H17N3O3S. The summed E-state index contributed by atoms with van der Waals surface area (Å²) in [5.74, 6) is 0.00751. The average Bonchev–Trinajstić information content (AvgIpc) is 3.06. The lowest BCUT2D eigenvalue weighted by Gasteiger charge is -2.17. The van der Waals surface area contributed by atoms with Gasteiger partial charge in [-0.05, 0) is 31.4 Å². The number of hydrogen-bond acceptors (Lipinski definition) is 4. The van der Waals surface area contributed by atoms with E-state index in [9.17, 15) is 13.5 Å². The Kier molecular flexibility index (Phi) is 3.27. The second-order valence-corrected chi connectivity index (χ2v) is 7.11. The van der Waals surface area contributed by atoms with Gasteiger partial charge in [0.25, 0.3) is 0 Å². The van der Waals surface area contributed by atoms with Crippen LogP contribution >= 0.6 is 0 Å². The van der Waals surface area contributed by atoms with Crippen LogP contribution in [0.1, 0.15) is 13.3 Å². The molecule has 3 rings (SSSR count). The normalized spacial score (nSPS) is 22.4. The molecule has 0 aromatic carbocycles. The molecule has 1 aliphatic rings. The first-order valence-electron chi connectivity index (χ1n) is 6.60. The van der Waals surface area contributed by atoms with E-state index in [0.717, 1.165) is 0 Å². The molecule has 2 unspecified atom stereocenters. The number of rotatable bonds is 3. The number of aliphatic hydroxyl groups excluding tert-OH is 1. The molecule has 0 amide bonds. The Hall–Kier alpha value is -1.44. The van der Waals surface area contributed by atoms with Gasteiger partial charge in [0.2, 0.25) is 10.0 Å². The van der Waals surface area contributed by atoms with Crippen LogP contribution in [0.3, 0.4) is 0 Å². The Labute approximate surface area is 117 Å². The maximum Gasteiger partial charge on any atom is 0.245 e. The quantitative estimate of drug-likeness (QED) is 0.883. The number of nitrogens with one attached hydrogen (secondary N) is 1. The summed E-state index contributed by atoms with van der Waals surface area (Å²) in [6.07, 6.45) is 3.31. The number of pyridine rings is 1. The van der Waals surface area contributed by atoms with Gasteiger partial charge in [-0.1, -0.05) is 0 Å². The third kappa shape index (κ3) is 2.11. The van der Waals surface area contributed by atoms with Gasteiger partial charge in [0.15, 0.2) is 0 Å². The second-order valence-electron chi connectivity index (χ2n) is 5.20. The van der Waals surface area contributed by atoms with Crippen LogP contribution in [0.25, 0.3) is 11.0 Å². The fraction of sp³-hybridized carbons (Fsp3) is 0.462. The van der Waals surface area contributed by atoms with Gasteiger partial charge in [0, 0.05) is 30.9 Å². The van der Waals surface area contributed by atoms with E-state index in [0.29, 0.717) is 30.5 Å². The first-order valence-corrected chi connectivity index (χ1v) is 8.04. The molecule has 0 bridgehead atoms. The standard InChI is InChI=1S/C13H17N3O3S/c1-9(17)10-4-6-16(8-10)20(18,19)12-7-15-13-11(12)3-2-5-14-13/h2-3,5,7,9-10,17H,4,6,8H2,1H3,(H,14,15). The fourth-order valence-electron chi connectivity index (χ4n) is 2.65. The highest BCUT2D eigenvalue weighted by Gasteiger charge is 2.35. The zero-order chi connectivity index (χ0) is 14.3. The van der Waals surface area contributed by atoms with E-state index in [1.807, 2.05) is 0 Å². The second kappa shape index (κ2) is 4.83. The van der Waals surface area contributed by atoms with Crippen molar-refractivity contribution < 1.29 is 13.5 Å². The third-order valence-electron chi connectivity index (χ3n) is 3.90. The van der Waals surface area contributed by atoms with E-state index in [1.165, 1.54) is 10.5 Å². The number of aliphatic hydroxyl groups is 1. The number of nitrogens with zero attached hydrogens (tertiary/aromatic N) is 2. The lowest BCUT2D eigenvalue weighted by atomic mass is 10.0. The molecule has 1 aliphatic heterocycles. The van der Waals surface area contributed by atoms with Crippen molar-refractivity contribution in [3.05, 3.63) is 24.5 Å². The SMILES string of the molecule is CC(O)C1CCN(S(=O)(=O)c2c[nH]c3ncccc23)C1. The van der Waals surface area contributed by atoms with Gasteiger partial charge in [0.05, 0.1) is 6.10 Å². The largest absolute Gasteiger partial charge is 0.393 e. The minimum Gasteiger partial charge on any atom is -0.393 e. The Balaban J connectivity index is 1.97. The molecule has 2 aromatic heterocycles. The van der Waals surface area contributed by atoms with Crippen LogP contribution in [-0.4, -0.2) is 47.0 Å². The Bertz CT molecular complexity index is 723. The van der Waals surface area contributed by atoms with Gasteiger partial charge >= 0.3 is 0 Å². The monoisotopic (exact) mass is 295 g/mol. The van der Waals surface area contributed by atoms with Gasteiger partial charge < -0.3 is 10.1 Å². The van der Waals surface area contributed by atoms with Crippen LogP contribution in [0.15, 0.2) is 29.4 Å². The molecule has 3 heterocycles. The number of hydrogen-bond donors (Lipinski definition) is 2. The van der Waals surface area contributed by atoms with Crippen LogP contribution in [0, 0.1) is 5.92 Å². The average molecular weight is 295 g/mol. The third-order valence-corrected chi connectivity index (χ3v) is 5.81. The molecule has 20 heavy (non-hydrogen) atoms. The molecule has 0 radical (unpaired) electrons. The lowest BCUT2D eigenvalue weighted by Crippen LogP contribution is -2.30. The molecule has 0 aliphatic carbocycles. The Morgan fingerprint density at radius 1 is 1.55 bits per heavy atom. The summed E-state index contributed by atoms with van der Waals surface area (Å²) in [6, 6.07) is 3.46. The van der Waals surface area contributed by atoms with Crippen molar-refractivity contribution in [1.82, 2.24) is 14.3 Å². The summed E-state index contributed by atoms with van der Waals surface area (Å²) >= 11 is 0. The first-order chi connectivity index (χ1) is 9.50. The summed E-state index contributed by atoms with van der Waals surface area (Å²) in [6.45, 7) is 2.52. The van der Waals surface area contributed by atoms with Crippen LogP contribution in [0.2, 0.25) is 0 Å². The molecule has 0 saturated carbocycles. The predicted octanol–water partition coefficient (Wildman–Crippen LogP) is 0.954. The number of H-pyrrole nitrogens is 1. The zero-order valence-corrected chi connectivity index (χ0v) is 12.0. The summed E-state index contributed by atoms with van der Waals surface area (Å²) in [7, 11) is -3.54. The molecule has 2 atom stereocenters. The van der Waals surface area contributed by atoms with E-state index < -0.39 is 16.1 Å². The summed E-state index contributed by atoms with van der Waals surface area (Å²) in [4.78, 5) is 7.25. The molecular weight excluding hydrogens is 278 g/mol. The summed E-state index contributed by atoms with van der Waals surface area (Å²) in [5, 5.41) is 10.2. The maximum absolute atomic E-state index is 12.7. The van der Waals surface area contributed by atoms with E-state index in [-0.39, 0.29) is 10.8 Å². The van der Waals surface area contributed by atoms with E-state index in [4.69, 9.17) is 0 Å². The highest BCUT2D eigenvalue weighted by molar-refractivity contribution is 7.89. The Morgan fingerprint density at radius 3 is 3.05 bits per heavy atom. The molecule has 2 aromatic rings. The van der Waals surface area contributed by atoms with Crippen molar-refractivity contribution in [2.45, 2.75) is 24.3 Å². The van der Waals surface area contributed by atoms with E-state index >= 15 is 0 Å². The van der Waals surface area contributed by atoms with Crippen LogP contribution in [0.5, 0.6) is 0 Å². The van der Waals surface area contributed by atoms with Crippen LogP contribution in [-0.2, 0) is 10.0 Å². The molecule has 1 saturated heterocycles. The minimum atomic E-state index is -3.54. The first kappa shape index (κ1) is 13.5. The highest BCUT2D eigenvalue weighted by atomic mass is 32.2. The topological polar surface area (TPSA) is 86.3 Å². The van der Waals surface area contributed by atoms with Crippen LogP contribution in [0.4, 0.5) is 0 Å². The Morgan fingerprint density at radius 2 is 2.35 bits per heavy atom. The summed E-state index contributed by atoms with van der Waals surface area (Å²) < 4.78 is 26.8. The van der Waals surface area contributed by atoms with Gasteiger partial charge in [-0.2, -0.15) is 4.31 Å². The van der Waals surface area contributed by atoms with Crippen molar-refractivity contribution in [3.8, 4) is 0 Å². The highest BCUT2D eigenvalue weighted by Crippen LogP contribution is 2.29. The molecule has 6 nitrogen and oxygen atoms in total. The van der Waals surface area contributed by atoms with E-state index in [1.54, 1.807) is 25.3 Å². The van der Waals surface area contributed by atoms with Gasteiger partial charge in [-0.3, -0.25) is 0 Å². The molecule has 108 valence electrons.